The average Bonchev–Trinajstić information content (AvgIpc) is 2.27. The number of nitriles is 1. The van der Waals surface area contributed by atoms with Crippen molar-refractivity contribution in [2.24, 2.45) is 5.73 Å². The van der Waals surface area contributed by atoms with Crippen molar-refractivity contribution in [3.8, 4) is 6.07 Å². The highest BCUT2D eigenvalue weighted by molar-refractivity contribution is 5.80. The van der Waals surface area contributed by atoms with Gasteiger partial charge in [0, 0.05) is 18.3 Å². The van der Waals surface area contributed by atoms with E-state index in [9.17, 15) is 9.90 Å². The number of benzene rings is 1. The number of nitrogens with two attached hydrogens (primary N) is 1. The van der Waals surface area contributed by atoms with Gasteiger partial charge >= 0.3 is 0 Å². The minimum atomic E-state index is -0.673. The highest BCUT2D eigenvalue weighted by Crippen LogP contribution is 2.26. The van der Waals surface area contributed by atoms with Gasteiger partial charge < -0.3 is 15.7 Å². The number of carbonyl (C=O) groups excluding carboxylic acids is 1. The maximum atomic E-state index is 10.9. The van der Waals surface area contributed by atoms with E-state index in [0.29, 0.717) is 16.8 Å². The van der Waals surface area contributed by atoms with E-state index >= 15 is 0 Å². The van der Waals surface area contributed by atoms with E-state index in [1.165, 1.54) is 0 Å². The second-order valence-electron chi connectivity index (χ2n) is 3.88. The molecule has 0 heterocycles. The summed E-state index contributed by atoms with van der Waals surface area (Å²) >= 11 is 0. The Morgan fingerprint density at radius 1 is 1.65 bits per heavy atom. The van der Waals surface area contributed by atoms with Gasteiger partial charge in [0.25, 0.3) is 0 Å². The molecule has 0 aliphatic rings. The number of likely N-dealkylation sites (N-methyl/N-ethyl adjacent to an activating group) is 1. The number of carbonyl (C=O) groups is 1. The predicted molar refractivity (Wildman–Crippen MR) is 64.3 cm³/mol. The summed E-state index contributed by atoms with van der Waals surface area (Å²) in [5, 5.41) is 18.5. The van der Waals surface area contributed by atoms with Crippen molar-refractivity contribution in [3.63, 3.8) is 0 Å². The quantitative estimate of drug-likeness (QED) is 0.793. The summed E-state index contributed by atoms with van der Waals surface area (Å²) in [4.78, 5) is 12.5. The van der Waals surface area contributed by atoms with Gasteiger partial charge in [-0.15, -0.1) is 0 Å². The number of aliphatic hydroxyl groups is 1. The van der Waals surface area contributed by atoms with Crippen molar-refractivity contribution in [1.82, 2.24) is 0 Å². The number of hydrogen-bond acceptors (Lipinski definition) is 4. The van der Waals surface area contributed by atoms with E-state index in [1.54, 1.807) is 37.1 Å². The fourth-order valence-corrected chi connectivity index (χ4v) is 1.62. The molecule has 0 spiro atoms. The van der Waals surface area contributed by atoms with Crippen LogP contribution in [0, 0.1) is 11.3 Å². The second-order valence-corrected chi connectivity index (χ2v) is 3.88. The predicted octanol–water partition coefficient (Wildman–Crippen LogP) is 0.533. The zero-order valence-electron chi connectivity index (χ0n) is 9.84. The first-order valence-electron chi connectivity index (χ1n) is 5.17. The van der Waals surface area contributed by atoms with Crippen molar-refractivity contribution in [2.75, 3.05) is 18.5 Å². The molecule has 0 aromatic heterocycles. The van der Waals surface area contributed by atoms with Crippen LogP contribution in [0.4, 0.5) is 5.69 Å². The Bertz CT molecular complexity index is 463. The molecule has 1 atom stereocenters. The summed E-state index contributed by atoms with van der Waals surface area (Å²) in [6.45, 7) is 1.66. The SMILES string of the molecule is C[C@H](O)c1ccc(C#N)cc1N(C)CC(N)=O. The molecule has 0 fully saturated rings. The average molecular weight is 233 g/mol. The Morgan fingerprint density at radius 2 is 2.29 bits per heavy atom. The molecule has 3 N–H and O–H groups in total. The van der Waals surface area contributed by atoms with Crippen LogP contribution in [-0.4, -0.2) is 24.6 Å². The number of primary amides is 1. The Labute approximate surface area is 100 Å². The van der Waals surface area contributed by atoms with Crippen molar-refractivity contribution < 1.29 is 9.90 Å². The molecule has 0 saturated heterocycles. The number of nitrogens with zero attached hydrogens (tertiary/aromatic N) is 2. The van der Waals surface area contributed by atoms with E-state index in [1.807, 2.05) is 6.07 Å². The van der Waals surface area contributed by atoms with Gasteiger partial charge in [-0.25, -0.2) is 0 Å². The zero-order valence-corrected chi connectivity index (χ0v) is 9.84. The van der Waals surface area contributed by atoms with Gasteiger partial charge in [0.1, 0.15) is 0 Å². The molecular formula is C12H15N3O2. The molecule has 0 unspecified atom stereocenters. The second kappa shape index (κ2) is 5.32. The zero-order chi connectivity index (χ0) is 13.0. The summed E-state index contributed by atoms with van der Waals surface area (Å²) in [5.41, 5.74) is 6.89. The maximum absolute atomic E-state index is 10.9. The topological polar surface area (TPSA) is 90.3 Å². The van der Waals surface area contributed by atoms with Crippen LogP contribution in [0.5, 0.6) is 0 Å². The van der Waals surface area contributed by atoms with Crippen LogP contribution >= 0.6 is 0 Å². The van der Waals surface area contributed by atoms with Crippen LogP contribution in [0.1, 0.15) is 24.2 Å². The van der Waals surface area contributed by atoms with E-state index in [4.69, 9.17) is 11.0 Å². The maximum Gasteiger partial charge on any atom is 0.236 e. The number of anilines is 1. The molecule has 5 heteroatoms. The summed E-state index contributed by atoms with van der Waals surface area (Å²) in [6, 6.07) is 6.95. The third kappa shape index (κ3) is 3.20. The standard InChI is InChI=1S/C12H15N3O2/c1-8(16)10-4-3-9(6-13)5-11(10)15(2)7-12(14)17/h3-5,8,16H,7H2,1-2H3,(H2,14,17)/t8-/m0/s1. The molecule has 1 rings (SSSR count). The molecule has 17 heavy (non-hydrogen) atoms. The van der Waals surface area contributed by atoms with Crippen molar-refractivity contribution in [1.29, 1.82) is 5.26 Å². The van der Waals surface area contributed by atoms with Gasteiger partial charge in [0.15, 0.2) is 0 Å². The van der Waals surface area contributed by atoms with Gasteiger partial charge in [-0.2, -0.15) is 5.26 Å². The van der Waals surface area contributed by atoms with Gasteiger partial charge in [0.05, 0.1) is 24.3 Å². The van der Waals surface area contributed by atoms with E-state index < -0.39 is 12.0 Å². The number of hydrogen-bond donors (Lipinski definition) is 2. The van der Waals surface area contributed by atoms with Crippen LogP contribution in [0.2, 0.25) is 0 Å². The van der Waals surface area contributed by atoms with Crippen molar-refractivity contribution in [3.05, 3.63) is 29.3 Å². The highest BCUT2D eigenvalue weighted by atomic mass is 16.3. The van der Waals surface area contributed by atoms with E-state index in [2.05, 4.69) is 0 Å². The summed E-state index contributed by atoms with van der Waals surface area (Å²) in [6.07, 6.45) is -0.673. The molecule has 0 bridgehead atoms. The number of amides is 1. The largest absolute Gasteiger partial charge is 0.389 e. The van der Waals surface area contributed by atoms with Crippen LogP contribution in [-0.2, 0) is 4.79 Å². The molecule has 5 nitrogen and oxygen atoms in total. The normalized spacial score (nSPS) is 11.6. The first-order valence-corrected chi connectivity index (χ1v) is 5.17. The minimum absolute atomic E-state index is 0.0363. The third-order valence-electron chi connectivity index (χ3n) is 2.41. The van der Waals surface area contributed by atoms with E-state index in [0.717, 1.165) is 0 Å². The molecule has 0 aliphatic carbocycles. The molecule has 1 aromatic carbocycles. The smallest absolute Gasteiger partial charge is 0.236 e. The Morgan fingerprint density at radius 3 is 2.76 bits per heavy atom. The van der Waals surface area contributed by atoms with E-state index in [-0.39, 0.29) is 6.54 Å². The monoisotopic (exact) mass is 233 g/mol. The Hall–Kier alpha value is -2.06. The summed E-state index contributed by atoms with van der Waals surface area (Å²) in [7, 11) is 1.69. The fourth-order valence-electron chi connectivity index (χ4n) is 1.62. The number of rotatable bonds is 4. The molecule has 0 saturated carbocycles. The lowest BCUT2D eigenvalue weighted by molar-refractivity contribution is -0.116. The lowest BCUT2D eigenvalue weighted by Gasteiger charge is -2.22. The van der Waals surface area contributed by atoms with Crippen LogP contribution in [0.25, 0.3) is 0 Å². The Kier molecular flexibility index (Phi) is 4.07. The Balaban J connectivity index is 3.18. The van der Waals surface area contributed by atoms with Gasteiger partial charge in [-0.1, -0.05) is 6.07 Å². The molecule has 1 aromatic rings. The lowest BCUT2D eigenvalue weighted by atomic mass is 10.0. The highest BCUT2D eigenvalue weighted by Gasteiger charge is 2.13. The summed E-state index contributed by atoms with van der Waals surface area (Å²) < 4.78 is 0. The molecule has 0 radical (unpaired) electrons. The lowest BCUT2D eigenvalue weighted by Crippen LogP contribution is -2.31. The third-order valence-corrected chi connectivity index (χ3v) is 2.41. The van der Waals surface area contributed by atoms with Crippen molar-refractivity contribution >= 4 is 11.6 Å². The van der Waals surface area contributed by atoms with Gasteiger partial charge in [0.2, 0.25) is 5.91 Å². The van der Waals surface area contributed by atoms with Crippen LogP contribution in [0.3, 0.4) is 0 Å². The minimum Gasteiger partial charge on any atom is -0.389 e. The van der Waals surface area contributed by atoms with Crippen LogP contribution < -0.4 is 10.6 Å². The molecule has 1 amide bonds. The number of aliphatic hydroxyl groups excluding tert-OH is 1. The van der Waals surface area contributed by atoms with Crippen molar-refractivity contribution in [2.45, 2.75) is 13.0 Å². The first kappa shape index (κ1) is 13.0. The summed E-state index contributed by atoms with van der Waals surface area (Å²) in [5.74, 6) is -0.466. The molecule has 90 valence electrons. The van der Waals surface area contributed by atoms with Crippen LogP contribution in [0.15, 0.2) is 18.2 Å². The van der Waals surface area contributed by atoms with Gasteiger partial charge in [-0.3, -0.25) is 4.79 Å². The first-order chi connectivity index (χ1) is 7.95. The molecular weight excluding hydrogens is 218 g/mol. The molecule has 0 aliphatic heterocycles. The van der Waals surface area contributed by atoms with Gasteiger partial charge in [-0.05, 0) is 19.1 Å². The fraction of sp³-hybridized carbons (Fsp3) is 0.333.